The van der Waals surface area contributed by atoms with E-state index in [-0.39, 0.29) is 0 Å². The average Bonchev–Trinajstić information content (AvgIpc) is 2.41. The molecule has 0 aromatic rings. The van der Waals surface area contributed by atoms with Gasteiger partial charge in [-0.25, -0.2) is 0 Å². The SMILES string of the molecule is C=C/C(=C/C=C\C)C(=C)/C(=C\C)C(CCC)CCC. The zero-order valence-electron chi connectivity index (χ0n) is 13.2. The molecule has 0 radical (unpaired) electrons. The minimum atomic E-state index is 0.626. The number of hydrogen-bond donors (Lipinski definition) is 0. The Hall–Kier alpha value is -1.30. The normalized spacial score (nSPS) is 13.3. The highest BCUT2D eigenvalue weighted by Crippen LogP contribution is 2.31. The fraction of sp³-hybridized carbons (Fsp3) is 0.474. The Morgan fingerprint density at radius 2 is 1.68 bits per heavy atom. The molecule has 0 aliphatic carbocycles. The van der Waals surface area contributed by atoms with Gasteiger partial charge in [0.05, 0.1) is 0 Å². The van der Waals surface area contributed by atoms with Crippen molar-refractivity contribution in [3.05, 3.63) is 60.3 Å². The van der Waals surface area contributed by atoms with Crippen molar-refractivity contribution in [3.8, 4) is 0 Å². The Kier molecular flexibility index (Phi) is 9.88. The molecular formula is C19H30. The predicted molar refractivity (Wildman–Crippen MR) is 89.3 cm³/mol. The van der Waals surface area contributed by atoms with Gasteiger partial charge in [-0.3, -0.25) is 0 Å². The lowest BCUT2D eigenvalue weighted by Crippen LogP contribution is -2.07. The monoisotopic (exact) mass is 258 g/mol. The summed E-state index contributed by atoms with van der Waals surface area (Å²) in [5, 5.41) is 0. The highest BCUT2D eigenvalue weighted by atomic mass is 14.2. The van der Waals surface area contributed by atoms with Crippen LogP contribution in [0.1, 0.15) is 53.4 Å². The van der Waals surface area contributed by atoms with E-state index in [9.17, 15) is 0 Å². The summed E-state index contributed by atoms with van der Waals surface area (Å²) in [5.41, 5.74) is 3.64. The quantitative estimate of drug-likeness (QED) is 0.420. The standard InChI is InChI=1S/C19H30/c1-7-12-15-17(10-4)16(6)19(11-5)18(13-8-2)14-9-3/h7,10-12,15,18H,4,6,8-9,13-14H2,1-3,5H3/b12-7-,17-15-,19-11+. The molecule has 0 amide bonds. The van der Waals surface area contributed by atoms with E-state index in [0.29, 0.717) is 5.92 Å². The average molecular weight is 258 g/mol. The Labute approximate surface area is 120 Å². The topological polar surface area (TPSA) is 0 Å². The minimum absolute atomic E-state index is 0.626. The van der Waals surface area contributed by atoms with Gasteiger partial charge in [0.2, 0.25) is 0 Å². The maximum atomic E-state index is 4.29. The number of allylic oxidation sites excluding steroid dienone is 8. The highest BCUT2D eigenvalue weighted by molar-refractivity contribution is 5.51. The van der Waals surface area contributed by atoms with E-state index >= 15 is 0 Å². The second-order valence-corrected chi connectivity index (χ2v) is 4.85. The molecule has 0 heterocycles. The van der Waals surface area contributed by atoms with Crippen molar-refractivity contribution in [2.24, 2.45) is 5.92 Å². The lowest BCUT2D eigenvalue weighted by atomic mass is 9.83. The Morgan fingerprint density at radius 1 is 1.11 bits per heavy atom. The van der Waals surface area contributed by atoms with Gasteiger partial charge in [0.25, 0.3) is 0 Å². The van der Waals surface area contributed by atoms with Crippen LogP contribution < -0.4 is 0 Å². The van der Waals surface area contributed by atoms with Crippen LogP contribution in [0.3, 0.4) is 0 Å². The molecule has 0 unspecified atom stereocenters. The van der Waals surface area contributed by atoms with Crippen molar-refractivity contribution in [2.75, 3.05) is 0 Å². The fourth-order valence-corrected chi connectivity index (χ4v) is 2.47. The van der Waals surface area contributed by atoms with Crippen molar-refractivity contribution in [3.63, 3.8) is 0 Å². The van der Waals surface area contributed by atoms with Crippen LogP contribution in [0, 0.1) is 5.92 Å². The van der Waals surface area contributed by atoms with Gasteiger partial charge in [-0.05, 0) is 49.3 Å². The molecule has 0 aliphatic rings. The second-order valence-electron chi connectivity index (χ2n) is 4.85. The third kappa shape index (κ3) is 5.92. The van der Waals surface area contributed by atoms with E-state index in [0.717, 1.165) is 11.1 Å². The summed E-state index contributed by atoms with van der Waals surface area (Å²) < 4.78 is 0. The highest BCUT2D eigenvalue weighted by Gasteiger charge is 2.15. The molecular weight excluding hydrogens is 228 g/mol. The molecule has 106 valence electrons. The van der Waals surface area contributed by atoms with Gasteiger partial charge in [0.1, 0.15) is 0 Å². The Bertz CT molecular complexity index is 357. The summed E-state index contributed by atoms with van der Waals surface area (Å²) in [6.45, 7) is 16.9. The van der Waals surface area contributed by atoms with Crippen LogP contribution in [0.2, 0.25) is 0 Å². The van der Waals surface area contributed by atoms with Crippen molar-refractivity contribution in [1.29, 1.82) is 0 Å². The summed E-state index contributed by atoms with van der Waals surface area (Å²) in [5.74, 6) is 0.626. The molecule has 0 N–H and O–H groups in total. The molecule has 0 aromatic heterocycles. The summed E-state index contributed by atoms with van der Waals surface area (Å²) in [7, 11) is 0. The van der Waals surface area contributed by atoms with E-state index in [4.69, 9.17) is 0 Å². The Morgan fingerprint density at radius 3 is 2.05 bits per heavy atom. The first-order chi connectivity index (χ1) is 9.15. The summed E-state index contributed by atoms with van der Waals surface area (Å²) >= 11 is 0. The summed E-state index contributed by atoms with van der Waals surface area (Å²) in [6.07, 6.45) is 15.2. The summed E-state index contributed by atoms with van der Waals surface area (Å²) in [4.78, 5) is 0. The van der Waals surface area contributed by atoms with Crippen molar-refractivity contribution in [2.45, 2.75) is 53.4 Å². The van der Waals surface area contributed by atoms with Crippen LogP contribution in [-0.2, 0) is 0 Å². The molecule has 0 spiro atoms. The molecule has 0 aromatic carbocycles. The van der Waals surface area contributed by atoms with Crippen molar-refractivity contribution >= 4 is 0 Å². The largest absolute Gasteiger partial charge is 0.0984 e. The fourth-order valence-electron chi connectivity index (χ4n) is 2.47. The third-order valence-corrected chi connectivity index (χ3v) is 3.41. The van der Waals surface area contributed by atoms with Crippen molar-refractivity contribution < 1.29 is 0 Å². The Balaban J connectivity index is 5.21. The maximum Gasteiger partial charge on any atom is -0.0159 e. The van der Waals surface area contributed by atoms with Gasteiger partial charge in [-0.1, -0.05) is 70.2 Å². The molecule has 0 aliphatic heterocycles. The molecule has 0 rings (SSSR count). The van der Waals surface area contributed by atoms with Crippen LogP contribution in [0.25, 0.3) is 0 Å². The van der Waals surface area contributed by atoms with E-state index in [1.165, 1.54) is 31.3 Å². The van der Waals surface area contributed by atoms with Gasteiger partial charge < -0.3 is 0 Å². The van der Waals surface area contributed by atoms with Crippen LogP contribution in [0.4, 0.5) is 0 Å². The van der Waals surface area contributed by atoms with Crippen LogP contribution in [0.5, 0.6) is 0 Å². The molecule has 0 atom stereocenters. The predicted octanol–water partition coefficient (Wildman–Crippen LogP) is 6.39. The molecule has 0 fully saturated rings. The maximum absolute atomic E-state index is 4.29. The van der Waals surface area contributed by atoms with Gasteiger partial charge in [0, 0.05) is 0 Å². The zero-order valence-corrected chi connectivity index (χ0v) is 13.2. The van der Waals surface area contributed by atoms with Gasteiger partial charge in [0.15, 0.2) is 0 Å². The molecule has 0 saturated heterocycles. The van der Waals surface area contributed by atoms with Crippen LogP contribution in [-0.4, -0.2) is 0 Å². The minimum Gasteiger partial charge on any atom is -0.0984 e. The molecule has 0 bridgehead atoms. The summed E-state index contributed by atoms with van der Waals surface area (Å²) in [6, 6.07) is 0. The smallest absolute Gasteiger partial charge is 0.0159 e. The second kappa shape index (κ2) is 10.6. The van der Waals surface area contributed by atoms with Gasteiger partial charge in [-0.2, -0.15) is 0 Å². The third-order valence-electron chi connectivity index (χ3n) is 3.41. The number of hydrogen-bond acceptors (Lipinski definition) is 0. The first-order valence-electron chi connectivity index (χ1n) is 7.47. The van der Waals surface area contributed by atoms with Gasteiger partial charge >= 0.3 is 0 Å². The first-order valence-corrected chi connectivity index (χ1v) is 7.47. The van der Waals surface area contributed by atoms with Gasteiger partial charge in [-0.15, -0.1) is 0 Å². The van der Waals surface area contributed by atoms with E-state index < -0.39 is 0 Å². The molecule has 0 saturated carbocycles. The molecule has 0 nitrogen and oxygen atoms in total. The number of rotatable bonds is 9. The van der Waals surface area contributed by atoms with E-state index in [1.807, 2.05) is 25.2 Å². The van der Waals surface area contributed by atoms with Crippen LogP contribution >= 0.6 is 0 Å². The zero-order chi connectivity index (χ0) is 14.7. The first kappa shape index (κ1) is 17.7. The lowest BCUT2D eigenvalue weighted by molar-refractivity contribution is 0.509. The molecule has 19 heavy (non-hydrogen) atoms. The van der Waals surface area contributed by atoms with Crippen molar-refractivity contribution in [1.82, 2.24) is 0 Å². The van der Waals surface area contributed by atoms with Crippen LogP contribution in [0.15, 0.2) is 60.3 Å². The van der Waals surface area contributed by atoms with E-state index in [1.54, 1.807) is 0 Å². The van der Waals surface area contributed by atoms with E-state index in [2.05, 4.69) is 46.1 Å². The lowest BCUT2D eigenvalue weighted by Gasteiger charge is -2.22. The molecule has 0 heteroatoms.